The smallest absolute Gasteiger partial charge is 0.330 e. The molecule has 2 aromatic rings. The lowest BCUT2D eigenvalue weighted by molar-refractivity contribution is -0.177. The summed E-state index contributed by atoms with van der Waals surface area (Å²) in [5.74, 6) is -6.31. The second kappa shape index (κ2) is 10.9. The fraction of sp³-hybridized carbons (Fsp3) is 0.565. The summed E-state index contributed by atoms with van der Waals surface area (Å²) in [6.45, 7) is 4.58. The predicted octanol–water partition coefficient (Wildman–Crippen LogP) is 4.00. The molecule has 38 heavy (non-hydrogen) atoms. The Labute approximate surface area is 218 Å². The minimum atomic E-state index is -4.46. The van der Waals surface area contributed by atoms with Gasteiger partial charge in [-0.2, -0.15) is 22.3 Å². The van der Waals surface area contributed by atoms with E-state index < -0.39 is 56.6 Å². The molecule has 1 aromatic carbocycles. The van der Waals surface area contributed by atoms with E-state index in [-0.39, 0.29) is 63.7 Å². The van der Waals surface area contributed by atoms with Crippen molar-refractivity contribution in [3.63, 3.8) is 0 Å². The van der Waals surface area contributed by atoms with E-state index >= 15 is 0 Å². The Hall–Kier alpha value is -2.52. The number of ether oxygens (including phenoxy) is 1. The molecule has 15 heteroatoms. The van der Waals surface area contributed by atoms with E-state index in [1.807, 2.05) is 0 Å². The highest BCUT2D eigenvalue weighted by atomic mass is 32.2. The highest BCUT2D eigenvalue weighted by Crippen LogP contribution is 2.42. The van der Waals surface area contributed by atoms with Crippen LogP contribution in [0.2, 0.25) is 0 Å². The van der Waals surface area contributed by atoms with Gasteiger partial charge in [0.15, 0.2) is 15.6 Å². The van der Waals surface area contributed by atoms with E-state index in [2.05, 4.69) is 5.10 Å². The Morgan fingerprint density at radius 2 is 1.89 bits per heavy atom. The summed E-state index contributed by atoms with van der Waals surface area (Å²) in [5.41, 5.74) is -0.174. The van der Waals surface area contributed by atoms with E-state index in [9.17, 15) is 39.2 Å². The van der Waals surface area contributed by atoms with Crippen molar-refractivity contribution in [3.05, 3.63) is 40.1 Å². The van der Waals surface area contributed by atoms with Crippen LogP contribution in [0.3, 0.4) is 0 Å². The van der Waals surface area contributed by atoms with Crippen molar-refractivity contribution in [2.75, 3.05) is 18.1 Å². The maximum Gasteiger partial charge on any atom is 0.330 e. The highest BCUT2D eigenvalue weighted by molar-refractivity contribution is 7.91. The Morgan fingerprint density at radius 3 is 2.47 bits per heavy atom. The Balaban J connectivity index is 2.14. The monoisotopic (exact) mass is 584 g/mol. The first-order valence-corrected chi connectivity index (χ1v) is 15.0. The minimum absolute atomic E-state index is 0.0656. The average molecular weight is 585 g/mol. The van der Waals surface area contributed by atoms with Crippen molar-refractivity contribution in [2.24, 2.45) is 0 Å². The van der Waals surface area contributed by atoms with E-state index in [0.717, 1.165) is 6.20 Å². The summed E-state index contributed by atoms with van der Waals surface area (Å²) in [5, 5.41) is 4.01. The number of halogens is 4. The second-order valence-electron chi connectivity index (χ2n) is 8.93. The molecule has 0 saturated carbocycles. The van der Waals surface area contributed by atoms with Gasteiger partial charge in [0.2, 0.25) is 5.88 Å². The molecule has 0 aliphatic carbocycles. The molecule has 1 unspecified atom stereocenters. The van der Waals surface area contributed by atoms with Gasteiger partial charge >= 0.3 is 22.5 Å². The Kier molecular flexibility index (Phi) is 8.63. The highest BCUT2D eigenvalue weighted by Gasteiger charge is 2.43. The summed E-state index contributed by atoms with van der Waals surface area (Å²) >= 11 is 0. The van der Waals surface area contributed by atoms with Crippen molar-refractivity contribution in [2.45, 2.75) is 70.4 Å². The molecule has 0 radical (unpaired) electrons. The quantitative estimate of drug-likeness (QED) is 0.221. The summed E-state index contributed by atoms with van der Waals surface area (Å²) in [4.78, 5) is 13.4. The van der Waals surface area contributed by atoms with Gasteiger partial charge in [0.1, 0.15) is 12.2 Å². The van der Waals surface area contributed by atoms with Gasteiger partial charge < -0.3 is 8.92 Å². The summed E-state index contributed by atoms with van der Waals surface area (Å²) < 4.78 is 114. The van der Waals surface area contributed by atoms with Gasteiger partial charge in [0, 0.05) is 17.7 Å². The van der Waals surface area contributed by atoms with Gasteiger partial charge in [-0.3, -0.25) is 4.79 Å². The van der Waals surface area contributed by atoms with Crippen LogP contribution in [-0.4, -0.2) is 62.9 Å². The number of hydrogen-bond acceptors (Lipinski definition) is 8. The number of nitrogens with zero attached hydrogens (tertiary/aromatic N) is 2. The molecular formula is C23H28F4N2O7S2. The third kappa shape index (κ3) is 5.88. The Bertz CT molecular complexity index is 1440. The topological polar surface area (TPSA) is 122 Å². The first-order chi connectivity index (χ1) is 17.6. The van der Waals surface area contributed by atoms with E-state index in [1.54, 1.807) is 13.8 Å². The van der Waals surface area contributed by atoms with Crippen molar-refractivity contribution in [3.8, 4) is 5.88 Å². The molecule has 0 fully saturated rings. The van der Waals surface area contributed by atoms with Gasteiger partial charge in [-0.25, -0.2) is 21.9 Å². The molecule has 1 atom stereocenters. The summed E-state index contributed by atoms with van der Waals surface area (Å²) in [7, 11) is -7.95. The lowest BCUT2D eigenvalue weighted by Crippen LogP contribution is -2.34. The van der Waals surface area contributed by atoms with Crippen LogP contribution in [0, 0.1) is 13.8 Å². The number of alkyl halides is 4. The van der Waals surface area contributed by atoms with Crippen LogP contribution in [0.4, 0.5) is 17.6 Å². The molecule has 1 aliphatic rings. The molecule has 3 rings (SSSR count). The van der Waals surface area contributed by atoms with E-state index in [1.165, 1.54) is 24.6 Å². The molecule has 0 N–H and O–H groups in total. The normalized spacial score (nSPS) is 17.4. The molecule has 0 spiro atoms. The SMILES string of the molecule is CCCS(=O)(=O)Oc1c(C(=O)c2cc(C)c3c(c2C)C(OCC(F)(F)C(F)F)CCS3(=O)=O)cnn1CC. The van der Waals surface area contributed by atoms with E-state index in [0.29, 0.717) is 0 Å². The van der Waals surface area contributed by atoms with Crippen LogP contribution in [0.25, 0.3) is 0 Å². The summed E-state index contributed by atoms with van der Waals surface area (Å²) in [6, 6.07) is 1.29. The zero-order chi connectivity index (χ0) is 28.6. The van der Waals surface area contributed by atoms with Crippen LogP contribution in [-0.2, 0) is 31.2 Å². The second-order valence-corrected chi connectivity index (χ2v) is 12.7. The number of ketones is 1. The van der Waals surface area contributed by atoms with Crippen molar-refractivity contribution in [1.82, 2.24) is 9.78 Å². The first-order valence-electron chi connectivity index (χ1n) is 11.7. The number of benzene rings is 1. The van der Waals surface area contributed by atoms with Crippen molar-refractivity contribution in [1.29, 1.82) is 0 Å². The van der Waals surface area contributed by atoms with Crippen LogP contribution in [0.15, 0.2) is 17.2 Å². The van der Waals surface area contributed by atoms with Crippen LogP contribution >= 0.6 is 0 Å². The first kappa shape index (κ1) is 30.0. The van der Waals surface area contributed by atoms with Crippen LogP contribution < -0.4 is 4.18 Å². The van der Waals surface area contributed by atoms with Gasteiger partial charge in [0.05, 0.1) is 28.7 Å². The van der Waals surface area contributed by atoms with E-state index in [4.69, 9.17) is 8.92 Å². The van der Waals surface area contributed by atoms with Gasteiger partial charge in [-0.1, -0.05) is 6.92 Å². The minimum Gasteiger partial charge on any atom is -0.367 e. The standard InChI is InChI=1S/C23H28F4N2O7S2/c1-5-8-38(33,34)36-21-16(11-28-29(21)6-2)19(30)15-10-13(3)20-18(14(15)4)17(7-9-37(20,31)32)35-12-23(26,27)22(24)25/h10-11,17,22H,5-9,12H2,1-4H3. The number of hydrogen-bond donors (Lipinski definition) is 0. The fourth-order valence-electron chi connectivity index (χ4n) is 4.30. The zero-order valence-electron chi connectivity index (χ0n) is 21.1. The van der Waals surface area contributed by atoms with Gasteiger partial charge in [-0.05, 0) is 50.8 Å². The molecule has 1 aliphatic heterocycles. The number of carbonyl (C=O) groups is 1. The lowest BCUT2D eigenvalue weighted by Gasteiger charge is -2.30. The maximum absolute atomic E-state index is 13.6. The number of aromatic nitrogens is 2. The summed E-state index contributed by atoms with van der Waals surface area (Å²) in [6.07, 6.45) is -4.20. The van der Waals surface area contributed by atoms with Crippen molar-refractivity contribution < 1.29 is 48.1 Å². The third-order valence-corrected chi connectivity index (χ3v) is 9.35. The van der Waals surface area contributed by atoms with Gasteiger partial charge in [0.25, 0.3) is 0 Å². The van der Waals surface area contributed by atoms with Crippen LogP contribution in [0.5, 0.6) is 5.88 Å². The maximum atomic E-state index is 13.6. The Morgan fingerprint density at radius 1 is 1.24 bits per heavy atom. The molecule has 1 aromatic heterocycles. The molecule has 212 valence electrons. The lowest BCUT2D eigenvalue weighted by atomic mass is 9.90. The fourth-order valence-corrected chi connectivity index (χ4v) is 7.20. The largest absolute Gasteiger partial charge is 0.367 e. The molecule has 0 amide bonds. The zero-order valence-corrected chi connectivity index (χ0v) is 22.8. The molecule has 0 saturated heterocycles. The predicted molar refractivity (Wildman–Crippen MR) is 128 cm³/mol. The third-order valence-electron chi connectivity index (χ3n) is 6.09. The molecule has 9 nitrogen and oxygen atoms in total. The van der Waals surface area contributed by atoms with Crippen molar-refractivity contribution >= 4 is 25.7 Å². The molecule has 0 bridgehead atoms. The number of aryl methyl sites for hydroxylation is 2. The number of rotatable bonds is 11. The molecule has 2 heterocycles. The van der Waals surface area contributed by atoms with Gasteiger partial charge in [-0.15, -0.1) is 0 Å². The average Bonchev–Trinajstić information content (AvgIpc) is 3.21. The number of fused-ring (bicyclic) bond motifs is 1. The molecular weight excluding hydrogens is 556 g/mol. The number of carbonyl (C=O) groups excluding carboxylic acids is 1. The van der Waals surface area contributed by atoms with Crippen LogP contribution in [0.1, 0.15) is 65.4 Å². The number of sulfone groups is 1.